The van der Waals surface area contributed by atoms with Gasteiger partial charge in [-0.2, -0.15) is 0 Å². The maximum absolute atomic E-state index is 12.3. The molecule has 118 valence electrons. The summed E-state index contributed by atoms with van der Waals surface area (Å²) in [5.74, 6) is -0.383. The predicted octanol–water partition coefficient (Wildman–Crippen LogP) is 3.58. The SMILES string of the molecule is C[C@H](O)c1c(-c2ccc(Cl)cc2)noc1C(=O)NC(C)(C)C. The largest absolute Gasteiger partial charge is 0.388 e. The zero-order chi connectivity index (χ0) is 16.5. The highest BCUT2D eigenvalue weighted by Gasteiger charge is 2.28. The summed E-state index contributed by atoms with van der Waals surface area (Å²) in [6.45, 7) is 7.16. The first kappa shape index (κ1) is 16.5. The Labute approximate surface area is 134 Å². The van der Waals surface area contributed by atoms with Crippen LogP contribution in [0.3, 0.4) is 0 Å². The molecule has 1 heterocycles. The fourth-order valence-corrected chi connectivity index (χ4v) is 2.19. The molecule has 0 aliphatic rings. The Hall–Kier alpha value is -1.85. The van der Waals surface area contributed by atoms with E-state index in [1.54, 1.807) is 31.2 Å². The normalized spacial score (nSPS) is 13.0. The molecule has 5 nitrogen and oxygen atoms in total. The second-order valence-corrected chi connectivity index (χ2v) is 6.60. The Kier molecular flexibility index (Phi) is 4.58. The standard InChI is InChI=1S/C16H19ClN2O3/c1-9(20)12-13(10-5-7-11(17)8-6-10)19-22-14(12)15(21)18-16(2,3)4/h5-9,20H,1-4H3,(H,18,21)/t9-/m0/s1. The number of rotatable bonds is 3. The molecule has 22 heavy (non-hydrogen) atoms. The zero-order valence-corrected chi connectivity index (χ0v) is 13.7. The highest BCUT2D eigenvalue weighted by molar-refractivity contribution is 6.30. The van der Waals surface area contributed by atoms with Gasteiger partial charge in [0.1, 0.15) is 5.69 Å². The second-order valence-electron chi connectivity index (χ2n) is 6.16. The third-order valence-corrected chi connectivity index (χ3v) is 3.21. The number of carbonyl (C=O) groups is 1. The van der Waals surface area contributed by atoms with Gasteiger partial charge in [0, 0.05) is 16.1 Å². The number of benzene rings is 1. The Morgan fingerprint density at radius 2 is 1.91 bits per heavy atom. The Balaban J connectivity index is 2.46. The van der Waals surface area contributed by atoms with Crippen molar-refractivity contribution >= 4 is 17.5 Å². The van der Waals surface area contributed by atoms with Crippen LogP contribution in [0.2, 0.25) is 5.02 Å². The molecule has 1 atom stereocenters. The lowest BCUT2D eigenvalue weighted by molar-refractivity contribution is 0.0873. The van der Waals surface area contributed by atoms with E-state index >= 15 is 0 Å². The van der Waals surface area contributed by atoms with Crippen molar-refractivity contribution in [2.75, 3.05) is 0 Å². The fourth-order valence-electron chi connectivity index (χ4n) is 2.06. The first-order valence-corrected chi connectivity index (χ1v) is 7.33. The van der Waals surface area contributed by atoms with Gasteiger partial charge >= 0.3 is 0 Å². The summed E-state index contributed by atoms with van der Waals surface area (Å²) in [5.41, 5.74) is 1.11. The van der Waals surface area contributed by atoms with Gasteiger partial charge in [-0.15, -0.1) is 0 Å². The molecule has 1 aromatic heterocycles. The molecule has 0 aliphatic heterocycles. The highest BCUT2D eigenvalue weighted by atomic mass is 35.5. The molecular weight excluding hydrogens is 304 g/mol. The first-order chi connectivity index (χ1) is 10.2. The smallest absolute Gasteiger partial charge is 0.290 e. The molecule has 2 rings (SSSR count). The minimum absolute atomic E-state index is 0.0230. The first-order valence-electron chi connectivity index (χ1n) is 6.95. The zero-order valence-electron chi connectivity index (χ0n) is 13.0. The van der Waals surface area contributed by atoms with E-state index in [1.807, 2.05) is 20.8 Å². The quantitative estimate of drug-likeness (QED) is 0.905. The fraction of sp³-hybridized carbons (Fsp3) is 0.375. The summed E-state index contributed by atoms with van der Waals surface area (Å²) in [4.78, 5) is 12.3. The maximum atomic E-state index is 12.3. The number of aliphatic hydroxyl groups is 1. The molecule has 0 bridgehead atoms. The molecule has 0 fully saturated rings. The van der Waals surface area contributed by atoms with E-state index in [9.17, 15) is 9.90 Å². The number of amides is 1. The topological polar surface area (TPSA) is 75.4 Å². The van der Waals surface area contributed by atoms with E-state index in [0.29, 0.717) is 16.3 Å². The maximum Gasteiger partial charge on any atom is 0.290 e. The Bertz CT molecular complexity index is 670. The summed E-state index contributed by atoms with van der Waals surface area (Å²) in [7, 11) is 0. The molecule has 1 amide bonds. The van der Waals surface area contributed by atoms with Crippen LogP contribution < -0.4 is 5.32 Å². The number of nitrogens with one attached hydrogen (secondary N) is 1. The lowest BCUT2D eigenvalue weighted by Gasteiger charge is -2.19. The van der Waals surface area contributed by atoms with Crippen molar-refractivity contribution in [2.45, 2.75) is 39.3 Å². The average molecular weight is 323 g/mol. The van der Waals surface area contributed by atoms with Crippen molar-refractivity contribution in [1.82, 2.24) is 10.5 Å². The summed E-state index contributed by atoms with van der Waals surface area (Å²) >= 11 is 5.87. The van der Waals surface area contributed by atoms with E-state index in [-0.39, 0.29) is 5.76 Å². The number of hydrogen-bond donors (Lipinski definition) is 2. The Morgan fingerprint density at radius 3 is 2.41 bits per heavy atom. The molecule has 0 unspecified atom stereocenters. The van der Waals surface area contributed by atoms with Crippen molar-refractivity contribution in [2.24, 2.45) is 0 Å². The van der Waals surface area contributed by atoms with Gasteiger partial charge in [-0.05, 0) is 39.8 Å². The molecule has 2 N–H and O–H groups in total. The number of nitrogens with zero attached hydrogens (tertiary/aromatic N) is 1. The van der Waals surface area contributed by atoms with Gasteiger partial charge in [-0.1, -0.05) is 28.9 Å². The van der Waals surface area contributed by atoms with Crippen molar-refractivity contribution in [3.05, 3.63) is 40.6 Å². The van der Waals surface area contributed by atoms with Crippen molar-refractivity contribution in [3.8, 4) is 11.3 Å². The number of aliphatic hydroxyl groups excluding tert-OH is 1. The summed E-state index contributed by atoms with van der Waals surface area (Å²) < 4.78 is 5.19. The van der Waals surface area contributed by atoms with Crippen LogP contribution in [0, 0.1) is 0 Å². The molecule has 0 radical (unpaired) electrons. The van der Waals surface area contributed by atoms with Gasteiger partial charge in [0.25, 0.3) is 5.91 Å². The van der Waals surface area contributed by atoms with Crippen molar-refractivity contribution in [1.29, 1.82) is 0 Å². The number of aromatic nitrogens is 1. The highest BCUT2D eigenvalue weighted by Crippen LogP contribution is 2.31. The van der Waals surface area contributed by atoms with Crippen LogP contribution in [0.5, 0.6) is 0 Å². The molecule has 0 spiro atoms. The van der Waals surface area contributed by atoms with Crippen molar-refractivity contribution < 1.29 is 14.4 Å². The third-order valence-electron chi connectivity index (χ3n) is 2.96. The summed E-state index contributed by atoms with van der Waals surface area (Å²) in [5, 5.41) is 17.4. The minimum atomic E-state index is -0.891. The lowest BCUT2D eigenvalue weighted by Crippen LogP contribution is -2.40. The van der Waals surface area contributed by atoms with Crippen LogP contribution in [-0.2, 0) is 0 Å². The monoisotopic (exact) mass is 322 g/mol. The van der Waals surface area contributed by atoms with E-state index in [2.05, 4.69) is 10.5 Å². The van der Waals surface area contributed by atoms with Crippen LogP contribution in [0.15, 0.2) is 28.8 Å². The molecule has 6 heteroatoms. The summed E-state index contributed by atoms with van der Waals surface area (Å²) in [6.07, 6.45) is -0.891. The van der Waals surface area contributed by atoms with E-state index in [0.717, 1.165) is 5.56 Å². The van der Waals surface area contributed by atoms with Crippen LogP contribution in [-0.4, -0.2) is 21.7 Å². The molecular formula is C16H19ClN2O3. The van der Waals surface area contributed by atoms with Crippen LogP contribution in [0.25, 0.3) is 11.3 Å². The van der Waals surface area contributed by atoms with Gasteiger partial charge in [0.15, 0.2) is 0 Å². The van der Waals surface area contributed by atoms with Gasteiger partial charge in [-0.25, -0.2) is 0 Å². The van der Waals surface area contributed by atoms with Gasteiger partial charge in [0.2, 0.25) is 5.76 Å². The molecule has 0 saturated heterocycles. The second kappa shape index (κ2) is 6.10. The van der Waals surface area contributed by atoms with Gasteiger partial charge in [-0.3, -0.25) is 4.79 Å². The Morgan fingerprint density at radius 1 is 1.32 bits per heavy atom. The predicted molar refractivity (Wildman–Crippen MR) is 84.8 cm³/mol. The molecule has 0 aliphatic carbocycles. The number of halogens is 1. The molecule has 1 aromatic carbocycles. The van der Waals surface area contributed by atoms with Gasteiger partial charge in [0.05, 0.1) is 11.7 Å². The lowest BCUT2D eigenvalue weighted by atomic mass is 10.0. The summed E-state index contributed by atoms with van der Waals surface area (Å²) in [6, 6.07) is 6.95. The van der Waals surface area contributed by atoms with Crippen LogP contribution in [0.1, 0.15) is 49.9 Å². The van der Waals surface area contributed by atoms with Crippen LogP contribution in [0.4, 0.5) is 0 Å². The minimum Gasteiger partial charge on any atom is -0.388 e. The van der Waals surface area contributed by atoms with Crippen LogP contribution >= 0.6 is 11.6 Å². The van der Waals surface area contributed by atoms with Gasteiger partial charge < -0.3 is 14.9 Å². The molecule has 0 saturated carbocycles. The van der Waals surface area contributed by atoms with Crippen molar-refractivity contribution in [3.63, 3.8) is 0 Å². The third kappa shape index (κ3) is 3.67. The van der Waals surface area contributed by atoms with E-state index < -0.39 is 17.6 Å². The number of carbonyl (C=O) groups excluding carboxylic acids is 1. The molecule has 2 aromatic rings. The number of hydrogen-bond acceptors (Lipinski definition) is 4. The van der Waals surface area contributed by atoms with E-state index in [4.69, 9.17) is 16.1 Å². The van der Waals surface area contributed by atoms with E-state index in [1.165, 1.54) is 0 Å². The average Bonchev–Trinajstić information content (AvgIpc) is 2.82.